The lowest BCUT2D eigenvalue weighted by molar-refractivity contribution is -0.156. The van der Waals surface area contributed by atoms with Gasteiger partial charge in [-0.2, -0.15) is 0 Å². The van der Waals surface area contributed by atoms with Crippen LogP contribution in [0.1, 0.15) is 146 Å². The molecule has 0 bridgehead atoms. The number of esters is 1. The van der Waals surface area contributed by atoms with Gasteiger partial charge in [-0.15, -0.1) is 0 Å². The number of amides is 14. The summed E-state index contributed by atoms with van der Waals surface area (Å²) in [5, 5.41) is 88.5. The third kappa shape index (κ3) is 32.6. The monoisotopic (exact) mass is 1610 g/mol. The van der Waals surface area contributed by atoms with Crippen LogP contribution in [0.3, 0.4) is 0 Å². The van der Waals surface area contributed by atoms with Crippen LogP contribution in [0.2, 0.25) is 0 Å². The van der Waals surface area contributed by atoms with Crippen LogP contribution in [0.5, 0.6) is 0 Å². The zero-order valence-electron chi connectivity index (χ0n) is 62.8. The number of Topliss-reactive ketones (excluding diaryl/α,β-unsaturated/α-hetero) is 1. The van der Waals surface area contributed by atoms with Gasteiger partial charge >= 0.3 is 23.9 Å². The number of aromatic amines is 1. The Bertz CT molecular complexity index is 3950. The first-order valence-electron chi connectivity index (χ1n) is 36.6. The Morgan fingerprint density at radius 1 is 0.553 bits per heavy atom. The Balaban J connectivity index is 1.86. The number of para-hydroxylation sites is 2. The second kappa shape index (κ2) is 47.8. The van der Waals surface area contributed by atoms with Crippen molar-refractivity contribution in [1.29, 1.82) is 0 Å². The Morgan fingerprint density at radius 2 is 1.11 bits per heavy atom. The number of carbonyl (C=O) groups excluding carboxylic acids is 16. The number of hydrogen-bond donors (Lipinski definition) is 23. The second-order valence-electron chi connectivity index (χ2n) is 26.8. The Labute approximate surface area is 651 Å². The maximum atomic E-state index is 14.8. The zero-order chi connectivity index (χ0) is 84.9. The number of aliphatic carboxylic acids is 3. The molecule has 0 saturated carbocycles. The molecule has 4 rings (SSSR count). The van der Waals surface area contributed by atoms with Crippen molar-refractivity contribution < 1.29 is 126 Å². The number of ether oxygens (including phenoxy) is 1. The third-order valence-electron chi connectivity index (χ3n) is 17.6. The molecule has 1 saturated heterocycles. The van der Waals surface area contributed by atoms with E-state index in [9.17, 15) is 122 Å². The van der Waals surface area contributed by atoms with Crippen molar-refractivity contribution >= 4 is 129 Å². The van der Waals surface area contributed by atoms with Gasteiger partial charge in [-0.05, 0) is 69.8 Å². The molecule has 0 radical (unpaired) electrons. The van der Waals surface area contributed by atoms with E-state index < -0.39 is 256 Å². The van der Waals surface area contributed by atoms with Gasteiger partial charge in [-0.3, -0.25) is 86.3 Å². The second-order valence-corrected chi connectivity index (χ2v) is 26.8. The van der Waals surface area contributed by atoms with E-state index in [4.69, 9.17) is 21.9 Å². The number of ketones is 1. The highest BCUT2D eigenvalue weighted by Crippen LogP contribution is 2.21. The summed E-state index contributed by atoms with van der Waals surface area (Å²) in [5.41, 5.74) is 18.1. The molecule has 2 heterocycles. The lowest BCUT2D eigenvalue weighted by atomic mass is 10.0. The molecule has 1 fully saturated rings. The summed E-state index contributed by atoms with van der Waals surface area (Å²) >= 11 is 0. The van der Waals surface area contributed by atoms with Gasteiger partial charge in [-0.25, -0.2) is 4.79 Å². The van der Waals surface area contributed by atoms with Gasteiger partial charge in [0.25, 0.3) is 0 Å². The van der Waals surface area contributed by atoms with Crippen molar-refractivity contribution in [1.82, 2.24) is 74.1 Å². The molecular weight excluding hydrogens is 1510 g/mol. The average Bonchev–Trinajstić information content (AvgIpc) is 1.64. The summed E-state index contributed by atoms with van der Waals surface area (Å²) in [6.07, 6.45) is -5.25. The fourth-order valence-electron chi connectivity index (χ4n) is 11.5. The first-order valence-corrected chi connectivity index (χ1v) is 36.6. The van der Waals surface area contributed by atoms with Crippen LogP contribution in [0.15, 0.2) is 54.7 Å². The van der Waals surface area contributed by atoms with Crippen LogP contribution in [0, 0.1) is 0 Å². The molecule has 0 spiro atoms. The number of nitrogen functional groups attached to an aromatic ring is 1. The lowest BCUT2D eigenvalue weighted by Gasteiger charge is -2.29. The van der Waals surface area contributed by atoms with Crippen molar-refractivity contribution in [2.75, 3.05) is 32.0 Å². The fourth-order valence-corrected chi connectivity index (χ4v) is 11.5. The number of aliphatic hydroxyl groups excluding tert-OH is 2. The maximum Gasteiger partial charge on any atom is 0.329 e. The first-order chi connectivity index (χ1) is 53.9. The summed E-state index contributed by atoms with van der Waals surface area (Å²) < 4.78 is 5.66. The van der Waals surface area contributed by atoms with E-state index in [2.05, 4.69) is 70.4 Å². The lowest BCUT2D eigenvalue weighted by Crippen LogP contribution is -2.61. The molecule has 0 aliphatic carbocycles. The number of hydrogen-bond acceptors (Lipinski definition) is 25. The van der Waals surface area contributed by atoms with Crippen LogP contribution in [0.4, 0.5) is 5.69 Å². The topological polar surface area (TPSA) is 705 Å². The summed E-state index contributed by atoms with van der Waals surface area (Å²) in [5.74, 6) is -26.2. The third-order valence-corrected chi connectivity index (χ3v) is 17.6. The van der Waals surface area contributed by atoms with Gasteiger partial charge in [0.2, 0.25) is 82.7 Å². The van der Waals surface area contributed by atoms with E-state index in [-0.39, 0.29) is 43.5 Å². The molecule has 1 aliphatic rings. The number of H-pyrrole nitrogens is 1. The standard InChI is InChI=1S/C71H101N17O26/c1-4-5-6-7-8-9-10-21-53(92)80-44(25-37-31-75-41-19-14-12-16-38(37)41)66(108)84-45(27-52(74)91)67(109)86-48(30-59(101)102)68(110)88-60-36(3)114-71(113)49(26-51(90)39-17-11-13-18-40(39)73)87-64(106)43(22-23-56(95)96)82-69(111)50(34-89)81-55(94)32-76-62(104)46(28-57(97)98)83-61(103)35(2)78-65(107)47(29-58(99)100)85-63(105)42(20-15-24-72)79-54(93)33-77-70(60)112/h11-14,16-19,31,35-36,42-50,57,60,75,89,97-98H,4-10,15,20-30,32-34,72-73H2,1-3H3,(H2,74,91)(H,76,104)(H,77,112)(H,78,107)(H,79,93)(H,80,92)(H,81,94)(H,82,111)(H,83,103)(H,84,108)(H,85,105)(H,86,109)(H,87,106)(H,88,110)(H,95,96)(H,99,100)(H,101,102). The van der Waals surface area contributed by atoms with Crippen molar-refractivity contribution in [3.8, 4) is 0 Å². The van der Waals surface area contributed by atoms with Gasteiger partial charge in [0.1, 0.15) is 72.6 Å². The molecule has 626 valence electrons. The molecular formula is C71H101N17O26. The van der Waals surface area contributed by atoms with E-state index in [1.54, 1.807) is 30.5 Å². The highest BCUT2D eigenvalue weighted by molar-refractivity contribution is 6.05. The summed E-state index contributed by atoms with van der Waals surface area (Å²) in [6.45, 7) is 0.109. The molecule has 114 heavy (non-hydrogen) atoms. The fraction of sp³-hybridized carbons (Fsp3) is 0.535. The number of primary amides is 1. The van der Waals surface area contributed by atoms with Crippen molar-refractivity contribution in [3.05, 3.63) is 65.9 Å². The van der Waals surface area contributed by atoms with Gasteiger partial charge in [-0.1, -0.05) is 75.8 Å². The summed E-state index contributed by atoms with van der Waals surface area (Å²) in [4.78, 5) is 263. The first kappa shape index (κ1) is 94.1. The Morgan fingerprint density at radius 3 is 1.71 bits per heavy atom. The molecule has 12 atom stereocenters. The normalized spacial score (nSPS) is 21.1. The highest BCUT2D eigenvalue weighted by Gasteiger charge is 2.40. The number of nitrogens with one attached hydrogen (secondary N) is 14. The number of benzene rings is 2. The number of fused-ring (bicyclic) bond motifs is 1. The number of unbranched alkanes of at least 4 members (excludes halogenated alkanes) is 6. The van der Waals surface area contributed by atoms with Gasteiger partial charge in [0, 0.05) is 60.5 Å². The number of rotatable bonds is 35. The van der Waals surface area contributed by atoms with E-state index in [0.717, 1.165) is 46.0 Å². The minimum atomic E-state index is -2.44. The van der Waals surface area contributed by atoms with Crippen LogP contribution in [-0.2, 0) is 97.5 Å². The zero-order valence-corrected chi connectivity index (χ0v) is 62.8. The van der Waals surface area contributed by atoms with Crippen molar-refractivity contribution in [3.63, 3.8) is 0 Å². The predicted octanol–water partition coefficient (Wildman–Crippen LogP) is -6.64. The van der Waals surface area contributed by atoms with E-state index in [0.29, 0.717) is 29.3 Å². The van der Waals surface area contributed by atoms with Gasteiger partial charge < -0.3 is 127 Å². The SMILES string of the molecule is CCCCCCCCCC(=O)NC(Cc1c[nH]c2ccccc12)C(=O)NC(CC(N)=O)C(=O)NC(CC(=O)O)C(=O)NC1C(=O)NCC(=O)NC(CCCN)C(=O)NC(CC(=O)O)C(=O)NC(C)C(=O)NC(CC(O)O)C(=O)NCC(=O)NC(CO)C(=O)NC(CCC(=O)O)C(=O)NC(CC(=O)c2ccccc2N)C(=O)OC1C. The van der Waals surface area contributed by atoms with E-state index in [1.165, 1.54) is 24.3 Å². The number of carbonyl (C=O) groups is 19. The molecule has 1 aliphatic heterocycles. The van der Waals surface area contributed by atoms with Crippen molar-refractivity contribution in [2.24, 2.45) is 11.5 Å². The predicted molar refractivity (Wildman–Crippen MR) is 396 cm³/mol. The molecule has 12 unspecified atom stereocenters. The number of cyclic esters (lactones) is 1. The molecule has 43 heteroatoms. The molecule has 26 N–H and O–H groups in total. The summed E-state index contributed by atoms with van der Waals surface area (Å²) in [7, 11) is 0. The number of carboxylic acid groups (broad SMARTS) is 3. The molecule has 3 aromatic rings. The van der Waals surface area contributed by atoms with Gasteiger partial charge in [0.15, 0.2) is 12.1 Å². The Hall–Kier alpha value is -12.3. The molecule has 43 nitrogen and oxygen atoms in total. The highest BCUT2D eigenvalue weighted by atomic mass is 16.5. The Kier molecular flexibility index (Phi) is 39.5. The maximum absolute atomic E-state index is 14.8. The number of carboxylic acids is 3. The minimum Gasteiger partial charge on any atom is -0.481 e. The van der Waals surface area contributed by atoms with Crippen LogP contribution < -0.4 is 86.3 Å². The number of anilines is 1. The van der Waals surface area contributed by atoms with Gasteiger partial charge in [0.05, 0.1) is 39.0 Å². The van der Waals surface area contributed by atoms with Crippen LogP contribution >= 0.6 is 0 Å². The van der Waals surface area contributed by atoms with Crippen LogP contribution in [0.25, 0.3) is 10.9 Å². The largest absolute Gasteiger partial charge is 0.481 e. The average molecular weight is 1610 g/mol. The minimum absolute atomic E-state index is 0.0165. The quantitative estimate of drug-likeness (QED) is 0.00856. The van der Waals surface area contributed by atoms with E-state index >= 15 is 0 Å². The molecule has 2 aromatic carbocycles. The summed E-state index contributed by atoms with van der Waals surface area (Å²) in [6, 6.07) is -10.3. The van der Waals surface area contributed by atoms with Crippen LogP contribution in [-0.4, -0.2) is 253 Å². The number of nitrogens with two attached hydrogens (primary N) is 3. The van der Waals surface area contributed by atoms with Crippen molar-refractivity contribution in [2.45, 2.75) is 215 Å². The number of aliphatic hydroxyl groups is 3. The molecule has 14 amide bonds. The van der Waals surface area contributed by atoms with E-state index in [1.807, 2.05) is 10.6 Å². The molecule has 1 aromatic heterocycles. The smallest absolute Gasteiger partial charge is 0.329 e. The number of aromatic nitrogens is 1.